The summed E-state index contributed by atoms with van der Waals surface area (Å²) >= 11 is 0. The van der Waals surface area contributed by atoms with Crippen LogP contribution in [0.25, 0.3) is 0 Å². The van der Waals surface area contributed by atoms with Crippen molar-refractivity contribution >= 4 is 5.91 Å². The zero-order chi connectivity index (χ0) is 18.4. The highest BCUT2D eigenvalue weighted by Gasteiger charge is 2.25. The Morgan fingerprint density at radius 1 is 1.20 bits per heavy atom. The Kier molecular flexibility index (Phi) is 6.56. The van der Waals surface area contributed by atoms with Gasteiger partial charge in [0.1, 0.15) is 11.8 Å². The van der Waals surface area contributed by atoms with Gasteiger partial charge in [-0.25, -0.2) is 0 Å². The highest BCUT2D eigenvalue weighted by Crippen LogP contribution is 2.25. The maximum atomic E-state index is 12.8. The number of aliphatic hydroxyl groups excluding tert-OH is 1. The lowest BCUT2D eigenvalue weighted by Gasteiger charge is -2.27. The number of aliphatic hydroxyl groups is 1. The minimum absolute atomic E-state index is 0.196. The number of hydrogen-bond acceptors (Lipinski definition) is 4. The Morgan fingerprint density at radius 2 is 1.84 bits per heavy atom. The number of benzene rings is 2. The molecule has 5 nitrogen and oxygen atoms in total. The van der Waals surface area contributed by atoms with E-state index in [1.807, 2.05) is 50.2 Å². The Bertz CT molecular complexity index is 700. The lowest BCUT2D eigenvalue weighted by atomic mass is 10.0. The summed E-state index contributed by atoms with van der Waals surface area (Å²) in [4.78, 5) is 14.4. The van der Waals surface area contributed by atoms with E-state index in [1.165, 1.54) is 0 Å². The third-order valence-corrected chi connectivity index (χ3v) is 4.29. The molecule has 2 atom stereocenters. The van der Waals surface area contributed by atoms with Crippen LogP contribution in [0.3, 0.4) is 0 Å². The molecule has 0 bridgehead atoms. The molecular weight excluding hydrogens is 316 g/mol. The predicted molar refractivity (Wildman–Crippen MR) is 98.3 cm³/mol. The molecule has 5 heteroatoms. The van der Waals surface area contributed by atoms with Crippen LogP contribution in [-0.2, 0) is 4.79 Å². The predicted octanol–water partition coefficient (Wildman–Crippen LogP) is 2.59. The van der Waals surface area contributed by atoms with Gasteiger partial charge in [-0.2, -0.15) is 0 Å². The van der Waals surface area contributed by atoms with E-state index in [9.17, 15) is 9.90 Å². The Morgan fingerprint density at radius 3 is 2.44 bits per heavy atom. The topological polar surface area (TPSA) is 75.8 Å². The van der Waals surface area contributed by atoms with Crippen LogP contribution >= 0.6 is 0 Å². The first-order valence-corrected chi connectivity index (χ1v) is 8.39. The number of ether oxygens (including phenoxy) is 1. The molecule has 2 aromatic rings. The number of aryl methyl sites for hydroxylation is 1. The maximum absolute atomic E-state index is 12.8. The monoisotopic (exact) mass is 342 g/mol. The molecule has 25 heavy (non-hydrogen) atoms. The molecule has 3 N–H and O–H groups in total. The number of hydrogen-bond donors (Lipinski definition) is 2. The molecular formula is C20H26N2O3. The van der Waals surface area contributed by atoms with Crippen LogP contribution in [-0.4, -0.2) is 36.1 Å². The van der Waals surface area contributed by atoms with E-state index in [2.05, 4.69) is 0 Å². The number of para-hydroxylation sites is 1. The van der Waals surface area contributed by atoms with E-state index in [-0.39, 0.29) is 12.5 Å². The molecule has 0 saturated carbocycles. The second kappa shape index (κ2) is 8.65. The van der Waals surface area contributed by atoms with E-state index in [4.69, 9.17) is 10.5 Å². The van der Waals surface area contributed by atoms with Crippen molar-refractivity contribution in [2.75, 3.05) is 20.2 Å². The van der Waals surface area contributed by atoms with Gasteiger partial charge in [-0.15, -0.1) is 0 Å². The summed E-state index contributed by atoms with van der Waals surface area (Å²) in [5.41, 5.74) is 8.71. The Balaban J connectivity index is 2.13. The van der Waals surface area contributed by atoms with E-state index < -0.39 is 12.1 Å². The maximum Gasteiger partial charge on any atom is 0.244 e. The summed E-state index contributed by atoms with van der Waals surface area (Å²) in [7, 11) is 1.55. The van der Waals surface area contributed by atoms with Crippen molar-refractivity contribution in [2.24, 2.45) is 5.73 Å². The molecule has 2 unspecified atom stereocenters. The number of likely N-dealkylation sites (N-methyl/N-ethyl adjacent to an activating group) is 1. The number of nitrogens with two attached hydrogens (primary N) is 1. The van der Waals surface area contributed by atoms with Crippen LogP contribution in [0.2, 0.25) is 0 Å². The van der Waals surface area contributed by atoms with Crippen molar-refractivity contribution in [3.05, 3.63) is 65.2 Å². The van der Waals surface area contributed by atoms with Gasteiger partial charge in [-0.3, -0.25) is 4.79 Å². The number of carbonyl (C=O) groups excluding carboxylic acids is 1. The van der Waals surface area contributed by atoms with Crippen LogP contribution in [0.5, 0.6) is 5.75 Å². The van der Waals surface area contributed by atoms with Gasteiger partial charge in [0.25, 0.3) is 0 Å². The first-order chi connectivity index (χ1) is 12.0. The third kappa shape index (κ3) is 4.59. The summed E-state index contributed by atoms with van der Waals surface area (Å²) in [6.07, 6.45) is -0.755. The fourth-order valence-electron chi connectivity index (χ4n) is 2.73. The smallest absolute Gasteiger partial charge is 0.244 e. The Labute approximate surface area is 149 Å². The molecule has 2 rings (SSSR count). The van der Waals surface area contributed by atoms with Crippen molar-refractivity contribution in [3.8, 4) is 5.75 Å². The van der Waals surface area contributed by atoms with Crippen molar-refractivity contribution in [2.45, 2.75) is 26.0 Å². The molecule has 1 amide bonds. The molecule has 0 fully saturated rings. The Hall–Kier alpha value is -2.37. The van der Waals surface area contributed by atoms with Crippen molar-refractivity contribution < 1.29 is 14.6 Å². The van der Waals surface area contributed by atoms with Gasteiger partial charge in [0, 0.05) is 12.1 Å². The number of methoxy groups -OCH3 is 1. The average Bonchev–Trinajstić information content (AvgIpc) is 2.65. The van der Waals surface area contributed by atoms with Crippen LogP contribution in [0.1, 0.15) is 35.8 Å². The van der Waals surface area contributed by atoms with Crippen molar-refractivity contribution in [1.82, 2.24) is 4.90 Å². The zero-order valence-corrected chi connectivity index (χ0v) is 15.0. The largest absolute Gasteiger partial charge is 0.496 e. The standard InChI is InChI=1S/C20H26N2O3/c1-4-22(13-17(23)15-11-9-14(2)10-12-15)20(24)19(21)16-7-5-6-8-18(16)25-3/h5-12,17,19,23H,4,13,21H2,1-3H3. The molecule has 0 aliphatic rings. The second-order valence-corrected chi connectivity index (χ2v) is 6.02. The zero-order valence-electron chi connectivity index (χ0n) is 15.0. The normalized spacial score (nSPS) is 13.2. The molecule has 134 valence electrons. The van der Waals surface area contributed by atoms with Crippen LogP contribution in [0.4, 0.5) is 0 Å². The van der Waals surface area contributed by atoms with Crippen molar-refractivity contribution in [1.29, 1.82) is 0 Å². The summed E-state index contributed by atoms with van der Waals surface area (Å²) in [5, 5.41) is 10.5. The van der Waals surface area contributed by atoms with Gasteiger partial charge in [0.15, 0.2) is 0 Å². The lowest BCUT2D eigenvalue weighted by Crippen LogP contribution is -2.40. The highest BCUT2D eigenvalue weighted by atomic mass is 16.5. The molecule has 2 aromatic carbocycles. The van der Waals surface area contributed by atoms with Gasteiger partial charge < -0.3 is 20.5 Å². The molecule has 0 radical (unpaired) electrons. The fourth-order valence-corrected chi connectivity index (χ4v) is 2.73. The number of rotatable bonds is 7. The quantitative estimate of drug-likeness (QED) is 0.811. The first kappa shape index (κ1) is 19.0. The minimum Gasteiger partial charge on any atom is -0.496 e. The number of carbonyl (C=O) groups is 1. The van der Waals surface area contributed by atoms with E-state index >= 15 is 0 Å². The average molecular weight is 342 g/mol. The summed E-state index contributed by atoms with van der Waals surface area (Å²) in [6, 6.07) is 14.0. The van der Waals surface area contributed by atoms with Crippen molar-refractivity contribution in [3.63, 3.8) is 0 Å². The van der Waals surface area contributed by atoms with Crippen LogP contribution in [0, 0.1) is 6.92 Å². The second-order valence-electron chi connectivity index (χ2n) is 6.02. The van der Waals surface area contributed by atoms with Gasteiger partial charge in [-0.05, 0) is 25.5 Å². The molecule has 0 heterocycles. The fraction of sp³-hybridized carbons (Fsp3) is 0.350. The third-order valence-electron chi connectivity index (χ3n) is 4.29. The van der Waals surface area contributed by atoms with Crippen LogP contribution < -0.4 is 10.5 Å². The molecule has 0 spiro atoms. The van der Waals surface area contributed by atoms with E-state index in [0.29, 0.717) is 17.9 Å². The van der Waals surface area contributed by atoms with Gasteiger partial charge in [0.05, 0.1) is 19.8 Å². The summed E-state index contributed by atoms with van der Waals surface area (Å²) in [5.74, 6) is 0.344. The van der Waals surface area contributed by atoms with E-state index in [1.54, 1.807) is 24.1 Å². The molecule has 0 aliphatic heterocycles. The van der Waals surface area contributed by atoms with E-state index in [0.717, 1.165) is 11.1 Å². The highest BCUT2D eigenvalue weighted by molar-refractivity contribution is 5.84. The number of amides is 1. The molecule has 0 saturated heterocycles. The molecule has 0 aliphatic carbocycles. The first-order valence-electron chi connectivity index (χ1n) is 8.39. The van der Waals surface area contributed by atoms with Gasteiger partial charge in [0.2, 0.25) is 5.91 Å². The molecule has 0 aromatic heterocycles. The van der Waals surface area contributed by atoms with Gasteiger partial charge >= 0.3 is 0 Å². The minimum atomic E-state index is -0.832. The van der Waals surface area contributed by atoms with Gasteiger partial charge in [-0.1, -0.05) is 48.0 Å². The van der Waals surface area contributed by atoms with Crippen LogP contribution in [0.15, 0.2) is 48.5 Å². The summed E-state index contributed by atoms with van der Waals surface area (Å²) < 4.78 is 5.29. The SMILES string of the molecule is CCN(CC(O)c1ccc(C)cc1)C(=O)C(N)c1ccccc1OC. The lowest BCUT2D eigenvalue weighted by molar-refractivity contribution is -0.134. The number of nitrogens with zero attached hydrogens (tertiary/aromatic N) is 1. The summed E-state index contributed by atoms with van der Waals surface area (Å²) in [6.45, 7) is 4.52.